The van der Waals surface area contributed by atoms with E-state index in [1.807, 2.05) is 43.0 Å². The van der Waals surface area contributed by atoms with E-state index in [2.05, 4.69) is 11.8 Å². The zero-order valence-electron chi connectivity index (χ0n) is 13.7. The number of amides is 1. The highest BCUT2D eigenvalue weighted by atomic mass is 16.6. The number of aliphatic hydroxyl groups is 1. The van der Waals surface area contributed by atoms with Crippen LogP contribution in [0.25, 0.3) is 0 Å². The van der Waals surface area contributed by atoms with Gasteiger partial charge in [-0.1, -0.05) is 24.0 Å². The summed E-state index contributed by atoms with van der Waals surface area (Å²) in [6.07, 6.45) is 2.58. The Kier molecular flexibility index (Phi) is 4.32. The molecule has 0 aromatic heterocycles. The Morgan fingerprint density at radius 2 is 2.09 bits per heavy atom. The summed E-state index contributed by atoms with van der Waals surface area (Å²) in [5.41, 5.74) is 1.05. The van der Waals surface area contributed by atoms with Crippen molar-refractivity contribution in [3.8, 4) is 11.8 Å². The summed E-state index contributed by atoms with van der Waals surface area (Å²) in [7, 11) is 0. The van der Waals surface area contributed by atoms with Crippen LogP contribution in [0.2, 0.25) is 0 Å². The molecular formula is C19H23NO3. The van der Waals surface area contributed by atoms with E-state index in [1.165, 1.54) is 0 Å². The van der Waals surface area contributed by atoms with E-state index in [-0.39, 0.29) is 18.2 Å². The molecule has 1 aromatic carbocycles. The maximum absolute atomic E-state index is 12.1. The first kappa shape index (κ1) is 15.9. The summed E-state index contributed by atoms with van der Waals surface area (Å²) in [5, 5.41) is 10.9. The van der Waals surface area contributed by atoms with E-state index in [4.69, 9.17) is 4.74 Å². The molecular weight excluding hydrogens is 290 g/mol. The molecule has 2 aliphatic heterocycles. The molecule has 1 aromatic rings. The molecule has 2 bridgehead atoms. The van der Waals surface area contributed by atoms with Crippen molar-refractivity contribution in [3.63, 3.8) is 0 Å². The third-order valence-corrected chi connectivity index (χ3v) is 4.70. The van der Waals surface area contributed by atoms with Gasteiger partial charge in [0.2, 0.25) is 0 Å². The minimum Gasteiger partial charge on any atom is -0.450 e. The van der Waals surface area contributed by atoms with Gasteiger partial charge < -0.3 is 14.7 Å². The largest absolute Gasteiger partial charge is 0.450 e. The number of fused-ring (bicyclic) bond motifs is 2. The Balaban J connectivity index is 1.75. The predicted octanol–water partition coefficient (Wildman–Crippen LogP) is 2.86. The fourth-order valence-corrected chi connectivity index (χ4v) is 3.73. The van der Waals surface area contributed by atoms with Gasteiger partial charge in [-0.05, 0) is 44.4 Å². The number of piperidine rings is 1. The third-order valence-electron chi connectivity index (χ3n) is 4.70. The topological polar surface area (TPSA) is 49.8 Å². The molecule has 1 amide bonds. The highest BCUT2D eigenvalue weighted by Crippen LogP contribution is 2.40. The summed E-state index contributed by atoms with van der Waals surface area (Å²) in [6, 6.07) is 8.02. The molecule has 2 fully saturated rings. The van der Waals surface area contributed by atoms with Crippen LogP contribution in [0.4, 0.5) is 4.79 Å². The van der Waals surface area contributed by atoms with Crippen LogP contribution in [0, 0.1) is 18.8 Å². The van der Waals surface area contributed by atoms with E-state index < -0.39 is 5.60 Å². The molecule has 0 radical (unpaired) electrons. The van der Waals surface area contributed by atoms with Gasteiger partial charge in [-0.25, -0.2) is 4.79 Å². The fraction of sp³-hybridized carbons (Fsp3) is 0.526. The lowest BCUT2D eigenvalue weighted by Crippen LogP contribution is -2.52. The standard InChI is InChI=1S/C19H23NO3/c1-3-23-18(21)20-16-7-8-17(20)13-19(22,12-16)10-9-15-6-4-5-14(2)11-15/h4-6,11,16-17,22H,3,7-8,12-13H2,1-2H3/t16-,17-/m1/s1. The van der Waals surface area contributed by atoms with Crippen LogP contribution >= 0.6 is 0 Å². The fourth-order valence-electron chi connectivity index (χ4n) is 3.73. The zero-order chi connectivity index (χ0) is 16.4. The molecule has 23 heavy (non-hydrogen) atoms. The molecule has 0 saturated carbocycles. The van der Waals surface area contributed by atoms with Gasteiger partial charge in [-0.15, -0.1) is 0 Å². The number of benzene rings is 1. The van der Waals surface area contributed by atoms with Crippen molar-refractivity contribution in [2.75, 3.05) is 6.61 Å². The average Bonchev–Trinajstić information content (AvgIpc) is 2.79. The maximum Gasteiger partial charge on any atom is 0.410 e. The van der Waals surface area contributed by atoms with Gasteiger partial charge in [-0.2, -0.15) is 0 Å². The SMILES string of the molecule is CCOC(=O)N1[C@@H]2CC[C@@H]1CC(O)(C#Cc1cccc(C)c1)C2. The van der Waals surface area contributed by atoms with Crippen LogP contribution < -0.4 is 0 Å². The van der Waals surface area contributed by atoms with E-state index in [0.717, 1.165) is 24.0 Å². The van der Waals surface area contributed by atoms with Crippen LogP contribution in [0.15, 0.2) is 24.3 Å². The first-order valence-corrected chi connectivity index (χ1v) is 8.28. The van der Waals surface area contributed by atoms with Crippen molar-refractivity contribution in [2.45, 2.75) is 57.2 Å². The molecule has 4 heteroatoms. The first-order chi connectivity index (χ1) is 11.0. The second-order valence-corrected chi connectivity index (χ2v) is 6.55. The molecule has 4 nitrogen and oxygen atoms in total. The molecule has 0 unspecified atom stereocenters. The van der Waals surface area contributed by atoms with Gasteiger partial charge in [0.1, 0.15) is 5.60 Å². The van der Waals surface area contributed by atoms with Crippen LogP contribution in [-0.4, -0.2) is 40.4 Å². The smallest absolute Gasteiger partial charge is 0.410 e. The zero-order valence-corrected chi connectivity index (χ0v) is 13.7. The van der Waals surface area contributed by atoms with Crippen LogP contribution in [-0.2, 0) is 4.74 Å². The van der Waals surface area contributed by atoms with Crippen molar-refractivity contribution >= 4 is 6.09 Å². The average molecular weight is 313 g/mol. The van der Waals surface area contributed by atoms with Gasteiger partial charge in [0.15, 0.2) is 0 Å². The molecule has 2 aliphatic rings. The van der Waals surface area contributed by atoms with Crippen molar-refractivity contribution in [1.82, 2.24) is 4.90 Å². The summed E-state index contributed by atoms with van der Waals surface area (Å²) >= 11 is 0. The Morgan fingerprint density at radius 3 is 2.70 bits per heavy atom. The van der Waals surface area contributed by atoms with Crippen molar-refractivity contribution in [3.05, 3.63) is 35.4 Å². The number of aryl methyl sites for hydroxylation is 1. The number of hydrogen-bond acceptors (Lipinski definition) is 3. The quantitative estimate of drug-likeness (QED) is 0.811. The summed E-state index contributed by atoms with van der Waals surface area (Å²) in [4.78, 5) is 13.9. The summed E-state index contributed by atoms with van der Waals surface area (Å²) < 4.78 is 5.14. The lowest BCUT2D eigenvalue weighted by Gasteiger charge is -2.40. The lowest BCUT2D eigenvalue weighted by atomic mass is 9.86. The minimum atomic E-state index is -1.02. The summed E-state index contributed by atoms with van der Waals surface area (Å²) in [5.74, 6) is 6.16. The summed E-state index contributed by atoms with van der Waals surface area (Å²) in [6.45, 7) is 4.22. The third kappa shape index (κ3) is 3.35. The molecule has 1 N–H and O–H groups in total. The second-order valence-electron chi connectivity index (χ2n) is 6.55. The Labute approximate surface area is 137 Å². The number of nitrogens with zero attached hydrogens (tertiary/aromatic N) is 1. The van der Waals surface area contributed by atoms with Crippen LogP contribution in [0.3, 0.4) is 0 Å². The van der Waals surface area contributed by atoms with Gasteiger partial charge in [0, 0.05) is 30.5 Å². The Hall–Kier alpha value is -1.99. The maximum atomic E-state index is 12.1. The minimum absolute atomic E-state index is 0.0320. The van der Waals surface area contributed by atoms with Crippen LogP contribution in [0.5, 0.6) is 0 Å². The normalized spacial score (nSPS) is 28.9. The van der Waals surface area contributed by atoms with E-state index >= 15 is 0 Å². The van der Waals surface area contributed by atoms with E-state index in [9.17, 15) is 9.90 Å². The van der Waals surface area contributed by atoms with Crippen molar-refractivity contribution in [1.29, 1.82) is 0 Å². The molecule has 122 valence electrons. The molecule has 0 spiro atoms. The van der Waals surface area contributed by atoms with Gasteiger partial charge in [0.05, 0.1) is 6.61 Å². The molecule has 3 rings (SSSR count). The van der Waals surface area contributed by atoms with Crippen molar-refractivity contribution < 1.29 is 14.6 Å². The number of ether oxygens (including phenoxy) is 1. The highest BCUT2D eigenvalue weighted by molar-refractivity contribution is 5.69. The lowest BCUT2D eigenvalue weighted by molar-refractivity contribution is -0.0101. The number of rotatable bonds is 1. The second kappa shape index (κ2) is 6.25. The monoisotopic (exact) mass is 313 g/mol. The molecule has 2 heterocycles. The van der Waals surface area contributed by atoms with Crippen molar-refractivity contribution in [2.24, 2.45) is 0 Å². The van der Waals surface area contributed by atoms with Gasteiger partial charge in [-0.3, -0.25) is 0 Å². The number of carbonyl (C=O) groups excluding carboxylic acids is 1. The number of carbonyl (C=O) groups is 1. The van der Waals surface area contributed by atoms with E-state index in [1.54, 1.807) is 0 Å². The first-order valence-electron chi connectivity index (χ1n) is 8.28. The predicted molar refractivity (Wildman–Crippen MR) is 87.9 cm³/mol. The molecule has 2 saturated heterocycles. The molecule has 2 atom stereocenters. The Morgan fingerprint density at radius 1 is 1.39 bits per heavy atom. The van der Waals surface area contributed by atoms with Gasteiger partial charge in [0.25, 0.3) is 0 Å². The van der Waals surface area contributed by atoms with Crippen LogP contribution in [0.1, 0.15) is 43.7 Å². The Bertz CT molecular complexity index is 644. The number of hydrogen-bond donors (Lipinski definition) is 1. The van der Waals surface area contributed by atoms with E-state index in [0.29, 0.717) is 19.4 Å². The van der Waals surface area contributed by atoms with Gasteiger partial charge >= 0.3 is 6.09 Å². The molecule has 0 aliphatic carbocycles. The highest BCUT2D eigenvalue weighted by Gasteiger charge is 2.49.